The summed E-state index contributed by atoms with van der Waals surface area (Å²) in [6.07, 6.45) is 5.29. The van der Waals surface area contributed by atoms with E-state index < -0.39 is 0 Å². The summed E-state index contributed by atoms with van der Waals surface area (Å²) >= 11 is 0. The molecule has 4 aromatic rings. The zero-order valence-corrected chi connectivity index (χ0v) is 16.0. The van der Waals surface area contributed by atoms with E-state index in [1.165, 1.54) is 0 Å². The van der Waals surface area contributed by atoms with Crippen LogP contribution in [0, 0.1) is 0 Å². The Hall–Kier alpha value is -3.93. The Balaban J connectivity index is 1.80. The average Bonchev–Trinajstić information content (AvgIpc) is 2.75. The lowest BCUT2D eigenvalue weighted by molar-refractivity contribution is 0.252. The highest BCUT2D eigenvalue weighted by atomic mass is 16.2. The largest absolute Gasteiger partial charge is 0.354 e. The molecule has 3 N–H and O–H groups in total. The van der Waals surface area contributed by atoms with E-state index in [4.69, 9.17) is 0 Å². The summed E-state index contributed by atoms with van der Waals surface area (Å²) in [5.41, 5.74) is 3.99. The second-order valence-corrected chi connectivity index (χ2v) is 6.53. The molecule has 0 saturated carbocycles. The molecular formula is C23H21N5O. The first-order valence-corrected chi connectivity index (χ1v) is 9.44. The predicted octanol–water partition coefficient (Wildman–Crippen LogP) is 5.18. The summed E-state index contributed by atoms with van der Waals surface area (Å²) in [5, 5.41) is 10.8. The van der Waals surface area contributed by atoms with Crippen molar-refractivity contribution in [3.63, 3.8) is 0 Å². The Morgan fingerprint density at radius 3 is 2.59 bits per heavy atom. The van der Waals surface area contributed by atoms with Gasteiger partial charge in [-0.05, 0) is 53.8 Å². The number of amides is 2. The Kier molecular flexibility index (Phi) is 5.33. The summed E-state index contributed by atoms with van der Waals surface area (Å²) in [5.74, 6) is 0.501. The number of benzene rings is 2. The Morgan fingerprint density at radius 1 is 0.966 bits per heavy atom. The number of anilines is 3. The van der Waals surface area contributed by atoms with Crippen molar-refractivity contribution in [1.29, 1.82) is 0 Å². The minimum Gasteiger partial charge on any atom is -0.354 e. The summed E-state index contributed by atoms with van der Waals surface area (Å²) in [6, 6.07) is 19.8. The number of nitrogens with one attached hydrogen (secondary N) is 3. The lowest BCUT2D eigenvalue weighted by atomic mass is 10.0. The van der Waals surface area contributed by atoms with Gasteiger partial charge in [-0.25, -0.2) is 9.78 Å². The van der Waals surface area contributed by atoms with Gasteiger partial charge in [0.2, 0.25) is 0 Å². The number of rotatable bonds is 5. The van der Waals surface area contributed by atoms with E-state index in [2.05, 4.69) is 50.2 Å². The smallest absolute Gasteiger partial charge is 0.320 e. The van der Waals surface area contributed by atoms with Crippen LogP contribution in [0.25, 0.3) is 21.9 Å². The average molecular weight is 383 g/mol. The molecule has 0 aliphatic heterocycles. The molecule has 2 aromatic heterocycles. The van der Waals surface area contributed by atoms with Gasteiger partial charge in [-0.15, -0.1) is 0 Å². The fraction of sp³-hybridized carbons (Fsp3) is 0.0870. The topological polar surface area (TPSA) is 78.9 Å². The van der Waals surface area contributed by atoms with Crippen molar-refractivity contribution < 1.29 is 4.79 Å². The first-order valence-electron chi connectivity index (χ1n) is 9.44. The summed E-state index contributed by atoms with van der Waals surface area (Å²) < 4.78 is 0. The van der Waals surface area contributed by atoms with Crippen LogP contribution in [0.1, 0.15) is 6.92 Å². The number of hydrogen-bond acceptors (Lipinski definition) is 4. The number of nitrogens with zero attached hydrogens (tertiary/aromatic N) is 2. The summed E-state index contributed by atoms with van der Waals surface area (Å²) in [4.78, 5) is 20.4. The zero-order chi connectivity index (χ0) is 20.1. The minimum absolute atomic E-state index is 0.271. The van der Waals surface area contributed by atoms with Gasteiger partial charge in [0.1, 0.15) is 5.82 Å². The molecule has 2 aromatic carbocycles. The van der Waals surface area contributed by atoms with Gasteiger partial charge >= 0.3 is 6.03 Å². The van der Waals surface area contributed by atoms with E-state index in [0.29, 0.717) is 12.4 Å². The SMILES string of the molecule is CCNC(=O)Nc1cc2cc(-c3ccccc3)cc(Nc3cccnc3)c2cn1. The maximum atomic E-state index is 11.9. The van der Waals surface area contributed by atoms with Gasteiger partial charge in [0.25, 0.3) is 0 Å². The number of urea groups is 1. The summed E-state index contributed by atoms with van der Waals surface area (Å²) in [6.45, 7) is 2.42. The molecule has 6 heteroatoms. The number of fused-ring (bicyclic) bond motifs is 1. The van der Waals surface area contributed by atoms with Crippen molar-refractivity contribution in [3.8, 4) is 11.1 Å². The molecule has 2 amide bonds. The van der Waals surface area contributed by atoms with Crippen LogP contribution in [-0.2, 0) is 0 Å². The molecule has 0 saturated heterocycles. The van der Waals surface area contributed by atoms with Crippen LogP contribution >= 0.6 is 0 Å². The fourth-order valence-corrected chi connectivity index (χ4v) is 3.14. The molecule has 0 atom stereocenters. The Bertz CT molecular complexity index is 1130. The van der Waals surface area contributed by atoms with E-state index in [0.717, 1.165) is 33.3 Å². The highest BCUT2D eigenvalue weighted by Gasteiger charge is 2.10. The third kappa shape index (κ3) is 4.32. The van der Waals surface area contributed by atoms with Gasteiger partial charge in [0.05, 0.1) is 11.9 Å². The number of pyridine rings is 2. The van der Waals surface area contributed by atoms with Gasteiger partial charge in [-0.3, -0.25) is 10.3 Å². The fourth-order valence-electron chi connectivity index (χ4n) is 3.14. The van der Waals surface area contributed by atoms with Crippen molar-refractivity contribution in [3.05, 3.63) is 79.3 Å². The van der Waals surface area contributed by atoms with Crippen LogP contribution in [-0.4, -0.2) is 22.5 Å². The van der Waals surface area contributed by atoms with Crippen LogP contribution in [0.4, 0.5) is 22.0 Å². The maximum absolute atomic E-state index is 11.9. The first kappa shape index (κ1) is 18.4. The van der Waals surface area contributed by atoms with Gasteiger partial charge in [-0.1, -0.05) is 30.3 Å². The highest BCUT2D eigenvalue weighted by Crippen LogP contribution is 2.33. The number of carbonyl (C=O) groups excluding carboxylic acids is 1. The van der Waals surface area contributed by atoms with Crippen molar-refractivity contribution >= 4 is 34.0 Å². The molecule has 0 aliphatic carbocycles. The molecule has 0 unspecified atom stereocenters. The van der Waals surface area contributed by atoms with E-state index in [1.807, 2.05) is 43.3 Å². The van der Waals surface area contributed by atoms with E-state index in [9.17, 15) is 4.79 Å². The van der Waals surface area contributed by atoms with Crippen molar-refractivity contribution in [2.24, 2.45) is 0 Å². The third-order valence-corrected chi connectivity index (χ3v) is 4.46. The molecule has 0 aliphatic rings. The molecule has 6 nitrogen and oxygen atoms in total. The number of carbonyl (C=O) groups is 1. The Labute approximate surface area is 169 Å². The molecule has 4 rings (SSSR count). The molecule has 29 heavy (non-hydrogen) atoms. The first-order chi connectivity index (χ1) is 14.2. The second-order valence-electron chi connectivity index (χ2n) is 6.53. The number of hydrogen-bond donors (Lipinski definition) is 3. The minimum atomic E-state index is -0.271. The molecule has 0 bridgehead atoms. The van der Waals surface area contributed by atoms with Crippen LogP contribution < -0.4 is 16.0 Å². The maximum Gasteiger partial charge on any atom is 0.320 e. The summed E-state index contributed by atoms with van der Waals surface area (Å²) in [7, 11) is 0. The Morgan fingerprint density at radius 2 is 1.83 bits per heavy atom. The second kappa shape index (κ2) is 8.39. The lowest BCUT2D eigenvalue weighted by Crippen LogP contribution is -2.28. The van der Waals surface area contributed by atoms with Gasteiger partial charge in [0, 0.05) is 30.0 Å². The molecule has 0 radical (unpaired) electrons. The molecular weight excluding hydrogens is 362 g/mol. The highest BCUT2D eigenvalue weighted by molar-refractivity contribution is 6.00. The van der Waals surface area contributed by atoms with E-state index >= 15 is 0 Å². The molecule has 2 heterocycles. The van der Waals surface area contributed by atoms with E-state index in [-0.39, 0.29) is 6.03 Å². The van der Waals surface area contributed by atoms with Crippen molar-refractivity contribution in [2.75, 3.05) is 17.2 Å². The van der Waals surface area contributed by atoms with Crippen LogP contribution in [0.2, 0.25) is 0 Å². The van der Waals surface area contributed by atoms with E-state index in [1.54, 1.807) is 18.6 Å². The van der Waals surface area contributed by atoms with Crippen molar-refractivity contribution in [2.45, 2.75) is 6.92 Å². The standard InChI is InChI=1S/C23H21N5O/c1-2-25-23(29)28-22-13-18-11-17(16-7-4-3-5-8-16)12-21(20(18)15-26-22)27-19-9-6-10-24-14-19/h3-15,27H,2H2,1H3,(H2,25,26,28,29). The normalized spacial score (nSPS) is 10.5. The van der Waals surface area contributed by atoms with Crippen LogP contribution in [0.5, 0.6) is 0 Å². The zero-order valence-electron chi connectivity index (χ0n) is 16.0. The number of aromatic nitrogens is 2. The van der Waals surface area contributed by atoms with Crippen LogP contribution in [0.15, 0.2) is 79.3 Å². The van der Waals surface area contributed by atoms with Gasteiger partial charge in [0.15, 0.2) is 0 Å². The monoisotopic (exact) mass is 383 g/mol. The van der Waals surface area contributed by atoms with Crippen LogP contribution in [0.3, 0.4) is 0 Å². The third-order valence-electron chi connectivity index (χ3n) is 4.46. The molecule has 144 valence electrons. The van der Waals surface area contributed by atoms with Gasteiger partial charge < -0.3 is 10.6 Å². The lowest BCUT2D eigenvalue weighted by Gasteiger charge is -2.14. The van der Waals surface area contributed by atoms with Gasteiger partial charge in [-0.2, -0.15) is 0 Å². The molecule has 0 spiro atoms. The van der Waals surface area contributed by atoms with Crippen molar-refractivity contribution in [1.82, 2.24) is 15.3 Å². The molecule has 0 fully saturated rings. The quantitative estimate of drug-likeness (QED) is 0.444. The predicted molar refractivity (Wildman–Crippen MR) is 117 cm³/mol.